The standard InChI is InChI=1S/C26H27FN2O3S/c27-24-14-8-7-13-23(24)19-33(31,32)29-17-15-22(16-18-29)26(30)28-25(20-9-3-1-4-10-20)21-11-5-2-6-12-21/h1-14,22,25H,15-19H2,(H,28,30). The quantitative estimate of drug-likeness (QED) is 0.565. The summed E-state index contributed by atoms with van der Waals surface area (Å²) in [4.78, 5) is 13.1. The Morgan fingerprint density at radius 3 is 1.94 bits per heavy atom. The highest BCUT2D eigenvalue weighted by molar-refractivity contribution is 7.88. The van der Waals surface area contributed by atoms with Crippen LogP contribution in [0.5, 0.6) is 0 Å². The number of hydrogen-bond acceptors (Lipinski definition) is 3. The highest BCUT2D eigenvalue weighted by atomic mass is 32.2. The zero-order valence-electron chi connectivity index (χ0n) is 18.2. The summed E-state index contributed by atoms with van der Waals surface area (Å²) in [5, 5.41) is 3.16. The molecule has 4 rings (SSSR count). The topological polar surface area (TPSA) is 66.5 Å². The van der Waals surface area contributed by atoms with E-state index in [9.17, 15) is 17.6 Å². The summed E-state index contributed by atoms with van der Waals surface area (Å²) < 4.78 is 40.9. The molecule has 1 saturated heterocycles. The fourth-order valence-electron chi connectivity index (χ4n) is 4.21. The van der Waals surface area contributed by atoms with Gasteiger partial charge in [-0.1, -0.05) is 78.9 Å². The Morgan fingerprint density at radius 1 is 0.879 bits per heavy atom. The number of sulfonamides is 1. The number of amides is 1. The van der Waals surface area contributed by atoms with Crippen molar-refractivity contribution in [2.24, 2.45) is 5.92 Å². The van der Waals surface area contributed by atoms with Gasteiger partial charge in [0.05, 0.1) is 11.8 Å². The van der Waals surface area contributed by atoms with Crippen molar-refractivity contribution in [3.05, 3.63) is 107 Å². The van der Waals surface area contributed by atoms with Crippen molar-refractivity contribution >= 4 is 15.9 Å². The molecule has 0 saturated carbocycles. The normalized spacial score (nSPS) is 15.5. The molecular formula is C26H27FN2O3S. The number of rotatable bonds is 7. The third-order valence-corrected chi connectivity index (χ3v) is 7.89. The van der Waals surface area contributed by atoms with Gasteiger partial charge in [0.1, 0.15) is 5.82 Å². The molecule has 0 spiro atoms. The van der Waals surface area contributed by atoms with Gasteiger partial charge in [-0.05, 0) is 30.0 Å². The van der Waals surface area contributed by atoms with Crippen LogP contribution >= 0.6 is 0 Å². The molecule has 0 aliphatic carbocycles. The monoisotopic (exact) mass is 466 g/mol. The van der Waals surface area contributed by atoms with Gasteiger partial charge >= 0.3 is 0 Å². The Bertz CT molecular complexity index is 1140. The molecule has 1 N–H and O–H groups in total. The smallest absolute Gasteiger partial charge is 0.223 e. The summed E-state index contributed by atoms with van der Waals surface area (Å²) >= 11 is 0. The average molecular weight is 467 g/mol. The molecule has 3 aromatic carbocycles. The SMILES string of the molecule is O=C(NC(c1ccccc1)c1ccccc1)C1CCN(S(=O)(=O)Cc2ccccc2F)CC1. The zero-order chi connectivity index (χ0) is 23.3. The molecule has 1 fully saturated rings. The molecule has 0 radical (unpaired) electrons. The number of nitrogens with one attached hydrogen (secondary N) is 1. The number of carbonyl (C=O) groups is 1. The van der Waals surface area contributed by atoms with Crippen LogP contribution in [0.1, 0.15) is 35.6 Å². The van der Waals surface area contributed by atoms with E-state index < -0.39 is 15.8 Å². The Kier molecular flexibility index (Phi) is 7.20. The molecule has 172 valence electrons. The van der Waals surface area contributed by atoms with E-state index in [1.165, 1.54) is 22.5 Å². The Hall–Kier alpha value is -3.03. The van der Waals surface area contributed by atoms with Crippen molar-refractivity contribution in [2.75, 3.05) is 13.1 Å². The van der Waals surface area contributed by atoms with Gasteiger partial charge < -0.3 is 5.32 Å². The summed E-state index contributed by atoms with van der Waals surface area (Å²) in [6.45, 7) is 0.492. The minimum atomic E-state index is -3.66. The van der Waals surface area contributed by atoms with Gasteiger partial charge in [-0.2, -0.15) is 0 Å². The van der Waals surface area contributed by atoms with Gasteiger partial charge in [0, 0.05) is 24.6 Å². The van der Waals surface area contributed by atoms with E-state index in [1.54, 1.807) is 6.07 Å². The van der Waals surface area contributed by atoms with E-state index in [-0.39, 0.29) is 42.3 Å². The zero-order valence-corrected chi connectivity index (χ0v) is 19.0. The molecule has 1 aliphatic rings. The predicted molar refractivity (Wildman–Crippen MR) is 126 cm³/mol. The minimum absolute atomic E-state index is 0.0844. The lowest BCUT2D eigenvalue weighted by Crippen LogP contribution is -2.44. The number of halogens is 1. The number of nitrogens with zero attached hydrogens (tertiary/aromatic N) is 1. The van der Waals surface area contributed by atoms with E-state index >= 15 is 0 Å². The van der Waals surface area contributed by atoms with E-state index in [0.717, 1.165) is 11.1 Å². The third-order valence-electron chi connectivity index (χ3n) is 6.07. The van der Waals surface area contributed by atoms with Crippen molar-refractivity contribution in [3.8, 4) is 0 Å². The molecule has 7 heteroatoms. The van der Waals surface area contributed by atoms with Crippen LogP contribution in [-0.2, 0) is 20.6 Å². The Balaban J connectivity index is 1.41. The third kappa shape index (κ3) is 5.67. The number of hydrogen-bond donors (Lipinski definition) is 1. The molecule has 5 nitrogen and oxygen atoms in total. The predicted octanol–water partition coefficient (Wildman–Crippen LogP) is 4.27. The lowest BCUT2D eigenvalue weighted by atomic mass is 9.94. The number of piperidine rings is 1. The lowest BCUT2D eigenvalue weighted by molar-refractivity contribution is -0.126. The van der Waals surface area contributed by atoms with Gasteiger partial charge in [0.15, 0.2) is 0 Å². The molecule has 1 heterocycles. The molecule has 0 unspecified atom stereocenters. The first-order chi connectivity index (χ1) is 15.9. The van der Waals surface area contributed by atoms with Crippen molar-refractivity contribution in [1.82, 2.24) is 9.62 Å². The second kappa shape index (κ2) is 10.3. The van der Waals surface area contributed by atoms with Gasteiger partial charge in [0.2, 0.25) is 15.9 Å². The first kappa shape index (κ1) is 23.1. The lowest BCUT2D eigenvalue weighted by Gasteiger charge is -2.31. The van der Waals surface area contributed by atoms with Crippen LogP contribution in [0.15, 0.2) is 84.9 Å². The fraction of sp³-hybridized carbons (Fsp3) is 0.269. The van der Waals surface area contributed by atoms with Crippen molar-refractivity contribution in [1.29, 1.82) is 0 Å². The van der Waals surface area contributed by atoms with Crippen LogP contribution in [0.3, 0.4) is 0 Å². The summed E-state index contributed by atoms with van der Waals surface area (Å²) in [6.07, 6.45) is 0.858. The highest BCUT2D eigenvalue weighted by Gasteiger charge is 2.32. The summed E-state index contributed by atoms with van der Waals surface area (Å²) in [5.74, 6) is -1.26. The van der Waals surface area contributed by atoms with E-state index in [1.807, 2.05) is 60.7 Å². The second-order valence-electron chi connectivity index (χ2n) is 8.28. The molecule has 33 heavy (non-hydrogen) atoms. The van der Waals surface area contributed by atoms with E-state index in [2.05, 4.69) is 5.32 Å². The maximum Gasteiger partial charge on any atom is 0.223 e. The maximum absolute atomic E-state index is 13.9. The van der Waals surface area contributed by atoms with Crippen LogP contribution in [0.2, 0.25) is 0 Å². The minimum Gasteiger partial charge on any atom is -0.345 e. The van der Waals surface area contributed by atoms with Gasteiger partial charge in [-0.3, -0.25) is 4.79 Å². The van der Waals surface area contributed by atoms with Crippen LogP contribution in [-0.4, -0.2) is 31.7 Å². The largest absolute Gasteiger partial charge is 0.345 e. The first-order valence-corrected chi connectivity index (χ1v) is 12.7. The van der Waals surface area contributed by atoms with Crippen LogP contribution in [0.25, 0.3) is 0 Å². The Morgan fingerprint density at radius 2 is 1.39 bits per heavy atom. The summed E-state index contributed by atoms with van der Waals surface area (Å²) in [5.41, 5.74) is 2.13. The molecule has 1 amide bonds. The number of carbonyl (C=O) groups excluding carboxylic acids is 1. The van der Waals surface area contributed by atoms with Gasteiger partial charge in [-0.15, -0.1) is 0 Å². The Labute approximate surface area is 194 Å². The van der Waals surface area contributed by atoms with E-state index in [0.29, 0.717) is 12.8 Å². The van der Waals surface area contributed by atoms with Crippen LogP contribution in [0, 0.1) is 11.7 Å². The van der Waals surface area contributed by atoms with Crippen molar-refractivity contribution in [3.63, 3.8) is 0 Å². The molecule has 1 aliphatic heterocycles. The van der Waals surface area contributed by atoms with Crippen molar-refractivity contribution < 1.29 is 17.6 Å². The molecule has 0 aromatic heterocycles. The highest BCUT2D eigenvalue weighted by Crippen LogP contribution is 2.26. The molecule has 0 bridgehead atoms. The van der Waals surface area contributed by atoms with Gasteiger partial charge in [0.25, 0.3) is 0 Å². The maximum atomic E-state index is 13.9. The molecular weight excluding hydrogens is 439 g/mol. The van der Waals surface area contributed by atoms with Crippen LogP contribution in [0.4, 0.5) is 4.39 Å². The second-order valence-corrected chi connectivity index (χ2v) is 10.3. The molecule has 3 aromatic rings. The van der Waals surface area contributed by atoms with Gasteiger partial charge in [-0.25, -0.2) is 17.1 Å². The average Bonchev–Trinajstić information content (AvgIpc) is 2.85. The van der Waals surface area contributed by atoms with E-state index in [4.69, 9.17) is 0 Å². The number of benzene rings is 3. The van der Waals surface area contributed by atoms with Crippen LogP contribution < -0.4 is 5.32 Å². The first-order valence-electron chi connectivity index (χ1n) is 11.1. The summed E-state index contributed by atoms with van der Waals surface area (Å²) in [7, 11) is -3.66. The summed E-state index contributed by atoms with van der Waals surface area (Å²) in [6, 6.07) is 25.2. The fourth-order valence-corrected chi connectivity index (χ4v) is 5.79. The van der Waals surface area contributed by atoms with Crippen molar-refractivity contribution in [2.45, 2.75) is 24.6 Å². The molecule has 0 atom stereocenters.